The topological polar surface area (TPSA) is 49.3 Å². The summed E-state index contributed by atoms with van der Waals surface area (Å²) in [7, 11) is 2.16. The molecule has 4 heteroatoms. The first-order chi connectivity index (χ1) is 13.5. The Morgan fingerprint density at radius 1 is 1.04 bits per heavy atom. The number of carbonyl (C=O) groups is 1. The number of hydrogen-bond donors (Lipinski definition) is 1. The van der Waals surface area contributed by atoms with Gasteiger partial charge in [0.15, 0.2) is 0 Å². The number of amides is 1. The lowest BCUT2D eigenvalue weighted by molar-refractivity contribution is -0.487. The van der Waals surface area contributed by atoms with E-state index in [-0.39, 0.29) is 11.8 Å². The minimum absolute atomic E-state index is 0.193. The van der Waals surface area contributed by atoms with Crippen molar-refractivity contribution in [2.75, 3.05) is 20.1 Å². The number of hydrogen-bond acceptors (Lipinski definition) is 2. The summed E-state index contributed by atoms with van der Waals surface area (Å²) in [6, 6.07) is 20.8. The zero-order chi connectivity index (χ0) is 19.7. The molecule has 2 aliphatic rings. The molecule has 4 rings (SSSR count). The van der Waals surface area contributed by atoms with Crippen molar-refractivity contribution in [3.05, 3.63) is 71.8 Å². The van der Waals surface area contributed by atoms with Crippen LogP contribution in [-0.2, 0) is 10.2 Å². The van der Waals surface area contributed by atoms with Gasteiger partial charge in [0.2, 0.25) is 11.7 Å². The van der Waals surface area contributed by atoms with E-state index in [4.69, 9.17) is 5.73 Å². The molecule has 2 aromatic rings. The number of rotatable bonds is 5. The van der Waals surface area contributed by atoms with E-state index < -0.39 is 5.41 Å². The Balaban J connectivity index is 1.76. The Bertz CT molecular complexity index is 836. The summed E-state index contributed by atoms with van der Waals surface area (Å²) in [5.74, 6) is 1.29. The maximum atomic E-state index is 13.1. The molecule has 28 heavy (non-hydrogen) atoms. The Morgan fingerprint density at radius 2 is 1.61 bits per heavy atom. The summed E-state index contributed by atoms with van der Waals surface area (Å²) >= 11 is 0. The van der Waals surface area contributed by atoms with Crippen LogP contribution in [0.25, 0.3) is 0 Å². The van der Waals surface area contributed by atoms with Crippen LogP contribution in [0.3, 0.4) is 0 Å². The van der Waals surface area contributed by atoms with Gasteiger partial charge in [0, 0.05) is 6.92 Å². The Hall–Kier alpha value is -2.62. The summed E-state index contributed by atoms with van der Waals surface area (Å²) in [5, 5.41) is 0. The zero-order valence-corrected chi connectivity index (χ0v) is 16.8. The van der Waals surface area contributed by atoms with Crippen LogP contribution in [0.4, 0.5) is 0 Å². The molecule has 1 aliphatic heterocycles. The van der Waals surface area contributed by atoms with Crippen molar-refractivity contribution in [2.24, 2.45) is 11.7 Å². The van der Waals surface area contributed by atoms with Crippen LogP contribution >= 0.6 is 0 Å². The van der Waals surface area contributed by atoms with Gasteiger partial charge in [0.1, 0.15) is 18.5 Å². The van der Waals surface area contributed by atoms with Gasteiger partial charge in [0.05, 0.1) is 13.1 Å². The number of likely N-dealkylation sites (N-methyl/N-ethyl adjacent to an activating group) is 1. The van der Waals surface area contributed by atoms with E-state index in [1.807, 2.05) is 36.4 Å². The van der Waals surface area contributed by atoms with Gasteiger partial charge in [-0.25, -0.2) is 0 Å². The molecular formula is C24H30N3O+. The van der Waals surface area contributed by atoms with E-state index in [9.17, 15) is 4.79 Å². The second-order valence-electron chi connectivity index (χ2n) is 8.23. The smallest absolute Gasteiger partial charge is 0.243 e. The van der Waals surface area contributed by atoms with E-state index in [1.54, 1.807) is 0 Å². The van der Waals surface area contributed by atoms with Gasteiger partial charge in [-0.05, 0) is 36.3 Å². The number of benzene rings is 2. The molecule has 4 nitrogen and oxygen atoms in total. The largest absolute Gasteiger partial charge is 0.369 e. The van der Waals surface area contributed by atoms with Crippen LogP contribution in [0, 0.1) is 5.92 Å². The second kappa shape index (κ2) is 7.42. The van der Waals surface area contributed by atoms with Gasteiger partial charge in [-0.15, -0.1) is 0 Å². The molecule has 0 unspecified atom stereocenters. The minimum Gasteiger partial charge on any atom is -0.369 e. The normalized spacial score (nSPS) is 22.7. The molecule has 1 saturated carbocycles. The third-order valence-corrected chi connectivity index (χ3v) is 6.95. The van der Waals surface area contributed by atoms with Crippen LogP contribution in [0.15, 0.2) is 60.7 Å². The molecule has 0 saturated heterocycles. The molecule has 2 N–H and O–H groups in total. The molecule has 0 bridgehead atoms. The Kier molecular flexibility index (Phi) is 4.96. The van der Waals surface area contributed by atoms with Gasteiger partial charge >= 0.3 is 0 Å². The predicted octanol–water partition coefficient (Wildman–Crippen LogP) is 3.00. The molecule has 2 aromatic carbocycles. The lowest BCUT2D eigenvalue weighted by atomic mass is 9.64. The first-order valence-corrected chi connectivity index (χ1v) is 10.3. The molecule has 0 aromatic heterocycles. The summed E-state index contributed by atoms with van der Waals surface area (Å²) in [5.41, 5.74) is 7.44. The van der Waals surface area contributed by atoms with E-state index in [0.29, 0.717) is 6.04 Å². The molecule has 1 amide bonds. The number of carbonyl (C=O) groups excluding carboxylic acids is 1. The number of nitrogens with two attached hydrogens (primary N) is 1. The highest BCUT2D eigenvalue weighted by molar-refractivity contribution is 5.91. The number of amidine groups is 1. The summed E-state index contributed by atoms with van der Waals surface area (Å²) in [4.78, 5) is 15.7. The quantitative estimate of drug-likeness (QED) is 0.816. The maximum absolute atomic E-state index is 13.1. The van der Waals surface area contributed by atoms with Crippen LogP contribution < -0.4 is 5.73 Å². The van der Waals surface area contributed by atoms with E-state index in [0.717, 1.165) is 43.5 Å². The van der Waals surface area contributed by atoms with Gasteiger partial charge in [-0.2, -0.15) is 0 Å². The van der Waals surface area contributed by atoms with E-state index in [1.165, 1.54) is 5.84 Å². The van der Waals surface area contributed by atoms with Crippen molar-refractivity contribution in [2.45, 2.75) is 37.6 Å². The van der Waals surface area contributed by atoms with E-state index in [2.05, 4.69) is 47.7 Å². The standard InChI is InChI=1S/C24H29N3O/c1-18-26(2)15-16-27(18)22-14-13-21(17-22)24(23(25)28,19-9-5-3-6-10-19)20-11-7-4-8-12-20/h3-12,21-22H,13-17H2,1-2H3,(H-,25,28)/p+1/t21-,22-/m0/s1. The molecule has 0 radical (unpaired) electrons. The fourth-order valence-corrected chi connectivity index (χ4v) is 5.41. The van der Waals surface area contributed by atoms with Crippen LogP contribution in [-0.4, -0.2) is 47.4 Å². The van der Waals surface area contributed by atoms with Crippen molar-refractivity contribution in [3.8, 4) is 0 Å². The lowest BCUT2D eigenvalue weighted by Crippen LogP contribution is -2.48. The first-order valence-electron chi connectivity index (χ1n) is 10.3. The molecule has 1 fully saturated rings. The molecule has 2 atom stereocenters. The maximum Gasteiger partial charge on any atom is 0.243 e. The fourth-order valence-electron chi connectivity index (χ4n) is 5.41. The van der Waals surface area contributed by atoms with Crippen molar-refractivity contribution in [3.63, 3.8) is 0 Å². The average Bonchev–Trinajstić information content (AvgIpc) is 3.32. The zero-order valence-electron chi connectivity index (χ0n) is 16.8. The predicted molar refractivity (Wildman–Crippen MR) is 112 cm³/mol. The minimum atomic E-state index is -0.781. The first kappa shape index (κ1) is 18.7. The van der Waals surface area contributed by atoms with Crippen LogP contribution in [0.2, 0.25) is 0 Å². The SMILES string of the molecule is CC1=[N+](C)CCN1[C@H]1CC[C@H](C(C(N)=O)(c2ccccc2)c2ccccc2)C1. The van der Waals surface area contributed by atoms with Gasteiger partial charge < -0.3 is 5.73 Å². The summed E-state index contributed by atoms with van der Waals surface area (Å²) in [6.45, 7) is 4.35. The third kappa shape index (κ3) is 2.92. The second-order valence-corrected chi connectivity index (χ2v) is 8.23. The summed E-state index contributed by atoms with van der Waals surface area (Å²) in [6.07, 6.45) is 3.09. The fraction of sp³-hybridized carbons (Fsp3) is 0.417. The van der Waals surface area contributed by atoms with Gasteiger partial charge in [-0.3, -0.25) is 14.3 Å². The number of primary amides is 1. The van der Waals surface area contributed by atoms with Crippen molar-refractivity contribution < 1.29 is 9.37 Å². The summed E-state index contributed by atoms with van der Waals surface area (Å²) < 4.78 is 2.32. The van der Waals surface area contributed by atoms with Crippen molar-refractivity contribution in [1.82, 2.24) is 4.90 Å². The average molecular weight is 377 g/mol. The van der Waals surface area contributed by atoms with Crippen molar-refractivity contribution >= 4 is 11.7 Å². The van der Waals surface area contributed by atoms with E-state index >= 15 is 0 Å². The molecular weight excluding hydrogens is 346 g/mol. The van der Waals surface area contributed by atoms with Gasteiger partial charge in [0.25, 0.3) is 0 Å². The highest BCUT2D eigenvalue weighted by Gasteiger charge is 2.52. The van der Waals surface area contributed by atoms with Gasteiger partial charge in [-0.1, -0.05) is 60.7 Å². The molecule has 1 heterocycles. The van der Waals surface area contributed by atoms with Crippen LogP contribution in [0.5, 0.6) is 0 Å². The third-order valence-electron chi connectivity index (χ3n) is 6.95. The lowest BCUT2D eigenvalue weighted by Gasteiger charge is -2.37. The monoisotopic (exact) mass is 376 g/mol. The molecule has 1 aliphatic carbocycles. The number of nitrogens with zero attached hydrogens (tertiary/aromatic N) is 2. The molecule has 146 valence electrons. The highest BCUT2D eigenvalue weighted by Crippen LogP contribution is 2.48. The Labute approximate surface area is 167 Å². The Morgan fingerprint density at radius 3 is 2.07 bits per heavy atom. The molecule has 0 spiro atoms. The van der Waals surface area contributed by atoms with Crippen LogP contribution in [0.1, 0.15) is 37.3 Å². The van der Waals surface area contributed by atoms with Crippen molar-refractivity contribution in [1.29, 1.82) is 0 Å². The highest BCUT2D eigenvalue weighted by atomic mass is 16.1.